The van der Waals surface area contributed by atoms with Crippen LogP contribution in [-0.2, 0) is 9.53 Å². The van der Waals surface area contributed by atoms with E-state index < -0.39 is 11.0 Å². The van der Waals surface area contributed by atoms with Gasteiger partial charge >= 0.3 is 0 Å². The van der Waals surface area contributed by atoms with Gasteiger partial charge in [0.2, 0.25) is 0 Å². The summed E-state index contributed by atoms with van der Waals surface area (Å²) in [6.07, 6.45) is 2.33. The zero-order valence-corrected chi connectivity index (χ0v) is 11.6. The van der Waals surface area contributed by atoms with E-state index in [9.17, 15) is 14.9 Å². The number of carbonyl (C=O) groups is 1. The second-order valence-electron chi connectivity index (χ2n) is 4.98. The Morgan fingerprint density at radius 3 is 2.64 bits per heavy atom. The lowest BCUT2D eigenvalue weighted by molar-refractivity contribution is -0.384. The summed E-state index contributed by atoms with van der Waals surface area (Å²) in [6, 6.07) is 15.7. The number of non-ortho nitro benzene ring substituents is 1. The summed E-state index contributed by atoms with van der Waals surface area (Å²) >= 11 is 0. The van der Waals surface area contributed by atoms with E-state index in [1.54, 1.807) is 18.2 Å². The molecule has 2 unspecified atom stereocenters. The van der Waals surface area contributed by atoms with Gasteiger partial charge in [-0.15, -0.1) is 0 Å². The van der Waals surface area contributed by atoms with Gasteiger partial charge in [0, 0.05) is 12.1 Å². The molecule has 3 rings (SSSR count). The van der Waals surface area contributed by atoms with E-state index in [0.29, 0.717) is 5.56 Å². The van der Waals surface area contributed by atoms with Crippen LogP contribution in [0.2, 0.25) is 0 Å². The van der Waals surface area contributed by atoms with Gasteiger partial charge in [-0.05, 0) is 17.2 Å². The van der Waals surface area contributed by atoms with E-state index in [0.717, 1.165) is 5.56 Å². The van der Waals surface area contributed by atoms with Crippen LogP contribution in [0.5, 0.6) is 0 Å². The van der Waals surface area contributed by atoms with Crippen molar-refractivity contribution in [3.63, 3.8) is 0 Å². The molecule has 0 saturated carbocycles. The Morgan fingerprint density at radius 2 is 1.91 bits per heavy atom. The van der Waals surface area contributed by atoms with E-state index in [2.05, 4.69) is 0 Å². The molecule has 1 saturated heterocycles. The van der Waals surface area contributed by atoms with E-state index in [1.807, 2.05) is 30.3 Å². The first-order chi connectivity index (χ1) is 10.6. The Bertz CT molecular complexity index is 739. The van der Waals surface area contributed by atoms with Crippen molar-refractivity contribution in [2.75, 3.05) is 0 Å². The number of ketones is 1. The summed E-state index contributed by atoms with van der Waals surface area (Å²) < 4.78 is 5.41. The average molecular weight is 295 g/mol. The first kappa shape index (κ1) is 14.2. The third-order valence-corrected chi connectivity index (χ3v) is 3.42. The molecule has 0 amide bonds. The Hall–Kier alpha value is -2.79. The van der Waals surface area contributed by atoms with Crippen molar-refractivity contribution in [1.82, 2.24) is 0 Å². The summed E-state index contributed by atoms with van der Waals surface area (Å²) in [5.41, 5.74) is 1.59. The molecule has 1 aliphatic rings. The highest BCUT2D eigenvalue weighted by Crippen LogP contribution is 2.39. The minimum absolute atomic E-state index is 0.000525. The molecule has 0 spiro atoms. The van der Waals surface area contributed by atoms with Crippen LogP contribution >= 0.6 is 0 Å². The molecule has 22 heavy (non-hydrogen) atoms. The number of hydrogen-bond acceptors (Lipinski definition) is 4. The predicted octanol–water partition coefficient (Wildman–Crippen LogP) is 3.32. The number of hydrogen-bond donors (Lipinski definition) is 0. The van der Waals surface area contributed by atoms with Gasteiger partial charge in [-0.2, -0.15) is 0 Å². The van der Waals surface area contributed by atoms with Gasteiger partial charge in [0.1, 0.15) is 6.10 Å². The maximum atomic E-state index is 12.0. The SMILES string of the molecule is O=C(/C=C/c1cccc([N+](=O)[O-])c1)C1OC1c1ccccc1. The third-order valence-electron chi connectivity index (χ3n) is 3.42. The third kappa shape index (κ3) is 3.10. The Kier molecular flexibility index (Phi) is 3.80. The fourth-order valence-electron chi connectivity index (χ4n) is 2.24. The minimum atomic E-state index is -0.464. The minimum Gasteiger partial charge on any atom is -0.356 e. The number of nitrogens with zero attached hydrogens (tertiary/aromatic N) is 1. The van der Waals surface area contributed by atoms with Crippen molar-refractivity contribution in [2.24, 2.45) is 0 Å². The van der Waals surface area contributed by atoms with Crippen LogP contribution in [0.15, 0.2) is 60.7 Å². The van der Waals surface area contributed by atoms with Crippen molar-refractivity contribution in [3.05, 3.63) is 81.9 Å². The molecule has 110 valence electrons. The van der Waals surface area contributed by atoms with Crippen molar-refractivity contribution in [2.45, 2.75) is 12.2 Å². The van der Waals surface area contributed by atoms with Gasteiger partial charge in [0.15, 0.2) is 11.9 Å². The first-order valence-corrected chi connectivity index (χ1v) is 6.82. The first-order valence-electron chi connectivity index (χ1n) is 6.82. The molecule has 2 atom stereocenters. The Labute approximate surface area is 127 Å². The standard InChI is InChI=1S/C17H13NO4/c19-15(17-16(22-17)13-6-2-1-3-7-13)10-9-12-5-4-8-14(11-12)18(20)21/h1-11,16-17H/b10-9+. The van der Waals surface area contributed by atoms with Crippen molar-refractivity contribution in [1.29, 1.82) is 0 Å². The van der Waals surface area contributed by atoms with Gasteiger partial charge in [-0.25, -0.2) is 0 Å². The lowest BCUT2D eigenvalue weighted by atomic mass is 10.1. The van der Waals surface area contributed by atoms with Gasteiger partial charge in [-0.3, -0.25) is 14.9 Å². The second-order valence-corrected chi connectivity index (χ2v) is 4.98. The highest BCUT2D eigenvalue weighted by atomic mass is 16.6. The quantitative estimate of drug-likeness (QED) is 0.367. The molecule has 0 N–H and O–H groups in total. The predicted molar refractivity (Wildman–Crippen MR) is 81.2 cm³/mol. The van der Waals surface area contributed by atoms with Crippen LogP contribution in [-0.4, -0.2) is 16.8 Å². The molecule has 1 fully saturated rings. The maximum absolute atomic E-state index is 12.0. The molecular formula is C17H13NO4. The summed E-state index contributed by atoms with van der Waals surface area (Å²) in [6.45, 7) is 0. The van der Waals surface area contributed by atoms with E-state index in [1.165, 1.54) is 18.2 Å². The molecule has 1 heterocycles. The van der Waals surface area contributed by atoms with Crippen LogP contribution < -0.4 is 0 Å². The van der Waals surface area contributed by atoms with Gasteiger partial charge < -0.3 is 4.74 Å². The molecule has 1 aliphatic heterocycles. The highest BCUT2D eigenvalue weighted by Gasteiger charge is 2.44. The summed E-state index contributed by atoms with van der Waals surface area (Å²) in [4.78, 5) is 22.3. The van der Waals surface area contributed by atoms with Crippen LogP contribution in [0, 0.1) is 10.1 Å². The fourth-order valence-corrected chi connectivity index (χ4v) is 2.24. The van der Waals surface area contributed by atoms with E-state index in [-0.39, 0.29) is 17.6 Å². The molecule has 0 aromatic heterocycles. The summed E-state index contributed by atoms with van der Waals surface area (Å²) in [5.74, 6) is -0.139. The second kappa shape index (κ2) is 5.91. The number of nitro groups is 1. The van der Waals surface area contributed by atoms with Crippen molar-refractivity contribution in [3.8, 4) is 0 Å². The maximum Gasteiger partial charge on any atom is 0.270 e. The smallest absolute Gasteiger partial charge is 0.270 e. The number of nitro benzene ring substituents is 1. The Balaban J connectivity index is 1.66. The Morgan fingerprint density at radius 1 is 1.14 bits per heavy atom. The molecular weight excluding hydrogens is 282 g/mol. The molecule has 0 bridgehead atoms. The van der Waals surface area contributed by atoms with Crippen LogP contribution in [0.1, 0.15) is 17.2 Å². The topological polar surface area (TPSA) is 72.7 Å². The fraction of sp³-hybridized carbons (Fsp3) is 0.118. The molecule has 5 heteroatoms. The highest BCUT2D eigenvalue weighted by molar-refractivity contribution is 5.99. The van der Waals surface area contributed by atoms with E-state index in [4.69, 9.17) is 4.74 Å². The molecule has 2 aromatic rings. The van der Waals surface area contributed by atoms with Crippen LogP contribution in [0.25, 0.3) is 6.08 Å². The number of ether oxygens (including phenoxy) is 1. The zero-order chi connectivity index (χ0) is 15.5. The number of epoxide rings is 1. The monoisotopic (exact) mass is 295 g/mol. The van der Waals surface area contributed by atoms with Crippen molar-refractivity contribution < 1.29 is 14.5 Å². The molecule has 0 aliphatic carbocycles. The van der Waals surface area contributed by atoms with E-state index >= 15 is 0 Å². The van der Waals surface area contributed by atoms with Gasteiger partial charge in [0.25, 0.3) is 5.69 Å². The number of benzene rings is 2. The van der Waals surface area contributed by atoms with Crippen molar-refractivity contribution >= 4 is 17.5 Å². The molecule has 2 aromatic carbocycles. The average Bonchev–Trinajstić information content (AvgIpc) is 3.34. The summed E-state index contributed by atoms with van der Waals surface area (Å²) in [5, 5.41) is 10.7. The largest absolute Gasteiger partial charge is 0.356 e. The normalized spacial score (nSPS) is 20.0. The molecule has 5 nitrogen and oxygen atoms in total. The number of rotatable bonds is 5. The molecule has 0 radical (unpaired) electrons. The lowest BCUT2D eigenvalue weighted by Gasteiger charge is -1.94. The zero-order valence-electron chi connectivity index (χ0n) is 11.6. The van der Waals surface area contributed by atoms with Crippen LogP contribution in [0.4, 0.5) is 5.69 Å². The summed E-state index contributed by atoms with van der Waals surface area (Å²) in [7, 11) is 0. The van der Waals surface area contributed by atoms with Gasteiger partial charge in [0.05, 0.1) is 4.92 Å². The van der Waals surface area contributed by atoms with Crippen LogP contribution in [0.3, 0.4) is 0 Å². The van der Waals surface area contributed by atoms with Gasteiger partial charge in [-0.1, -0.05) is 48.5 Å². The number of carbonyl (C=O) groups excluding carboxylic acids is 1. The lowest BCUT2D eigenvalue weighted by Crippen LogP contribution is -2.03.